The Kier molecular flexibility index (Phi) is 4.29. The molecule has 0 saturated heterocycles. The van der Waals surface area contributed by atoms with Gasteiger partial charge in [-0.15, -0.1) is 5.10 Å². The van der Waals surface area contributed by atoms with Crippen molar-refractivity contribution in [1.82, 2.24) is 20.4 Å². The summed E-state index contributed by atoms with van der Waals surface area (Å²) >= 11 is 0. The van der Waals surface area contributed by atoms with E-state index >= 15 is 0 Å². The van der Waals surface area contributed by atoms with Crippen molar-refractivity contribution in [1.29, 1.82) is 0 Å². The van der Waals surface area contributed by atoms with E-state index in [1.807, 2.05) is 4.68 Å². The smallest absolute Gasteiger partial charge is 0.0899 e. The molecule has 0 aliphatic rings. The van der Waals surface area contributed by atoms with E-state index in [1.54, 1.807) is 6.20 Å². The topological polar surface area (TPSA) is 68.8 Å². The van der Waals surface area contributed by atoms with E-state index in [0.29, 0.717) is 0 Å². The minimum Gasteiger partial charge on any atom is -0.271 e. The molecule has 5 nitrogen and oxygen atoms in total. The van der Waals surface area contributed by atoms with Crippen LogP contribution < -0.4 is 11.3 Å². The second-order valence-corrected chi connectivity index (χ2v) is 4.79. The molecule has 1 heterocycles. The fraction of sp³-hybridized carbons (Fsp3) is 0.429. The Morgan fingerprint density at radius 2 is 2.00 bits per heavy atom. The molecule has 0 amide bonds. The van der Waals surface area contributed by atoms with Gasteiger partial charge in [-0.3, -0.25) is 5.84 Å². The molecule has 1 aromatic carbocycles. The molecule has 2 rings (SSSR count). The summed E-state index contributed by atoms with van der Waals surface area (Å²) in [6, 6.07) is 6.17. The van der Waals surface area contributed by atoms with Crippen molar-refractivity contribution < 1.29 is 0 Å². The van der Waals surface area contributed by atoms with Crippen LogP contribution in [0.4, 0.5) is 0 Å². The molecule has 0 radical (unpaired) electrons. The molecule has 3 N–H and O–H groups in total. The van der Waals surface area contributed by atoms with Crippen LogP contribution in [0.15, 0.2) is 24.4 Å². The first-order valence-electron chi connectivity index (χ1n) is 6.59. The Balaban J connectivity index is 2.47. The molecule has 1 aromatic heterocycles. The van der Waals surface area contributed by atoms with Gasteiger partial charge in [0.15, 0.2) is 0 Å². The van der Waals surface area contributed by atoms with E-state index in [1.165, 1.54) is 16.7 Å². The maximum absolute atomic E-state index is 5.78. The van der Waals surface area contributed by atoms with E-state index in [-0.39, 0.29) is 6.04 Å². The minimum absolute atomic E-state index is 0.0808. The molecule has 0 saturated carbocycles. The van der Waals surface area contributed by atoms with Gasteiger partial charge in [-0.1, -0.05) is 30.3 Å². The van der Waals surface area contributed by atoms with Gasteiger partial charge in [-0.25, -0.2) is 10.1 Å². The quantitative estimate of drug-likeness (QED) is 0.635. The molecule has 0 fully saturated rings. The number of hydrazine groups is 1. The second-order valence-electron chi connectivity index (χ2n) is 4.79. The summed E-state index contributed by atoms with van der Waals surface area (Å²) in [6.45, 7) is 7.16. The summed E-state index contributed by atoms with van der Waals surface area (Å²) in [7, 11) is 0. The highest BCUT2D eigenvalue weighted by Crippen LogP contribution is 2.26. The number of hydrogen-bond acceptors (Lipinski definition) is 4. The summed E-state index contributed by atoms with van der Waals surface area (Å²) in [5.74, 6) is 5.78. The van der Waals surface area contributed by atoms with Gasteiger partial charge in [0.1, 0.15) is 0 Å². The third-order valence-electron chi connectivity index (χ3n) is 3.38. The molecule has 1 unspecified atom stereocenters. The lowest BCUT2D eigenvalue weighted by atomic mass is 9.94. The van der Waals surface area contributed by atoms with Gasteiger partial charge in [-0.05, 0) is 37.0 Å². The van der Waals surface area contributed by atoms with E-state index < -0.39 is 0 Å². The van der Waals surface area contributed by atoms with E-state index in [9.17, 15) is 0 Å². The highest BCUT2D eigenvalue weighted by molar-refractivity contribution is 5.39. The molecule has 0 aliphatic carbocycles. The van der Waals surface area contributed by atoms with E-state index in [0.717, 1.165) is 18.7 Å². The number of aryl methyl sites for hydroxylation is 3. The Morgan fingerprint density at radius 1 is 1.32 bits per heavy atom. The highest BCUT2D eigenvalue weighted by atomic mass is 15.4. The number of nitrogens with one attached hydrogen (secondary N) is 1. The van der Waals surface area contributed by atoms with Crippen LogP contribution in [0.1, 0.15) is 41.8 Å². The number of nitrogens with two attached hydrogens (primary N) is 1. The molecule has 0 aliphatic heterocycles. The number of rotatable bonds is 5. The SMILES string of the molecule is CCCn1nncc1C(NN)c1c(C)cccc1C. The predicted molar refractivity (Wildman–Crippen MR) is 75.4 cm³/mol. The lowest BCUT2D eigenvalue weighted by molar-refractivity contribution is 0.510. The van der Waals surface area contributed by atoms with Crippen LogP contribution in [0.3, 0.4) is 0 Å². The lowest BCUT2D eigenvalue weighted by Gasteiger charge is -2.21. The third-order valence-corrected chi connectivity index (χ3v) is 3.38. The van der Waals surface area contributed by atoms with E-state index in [4.69, 9.17) is 5.84 Å². The molecule has 19 heavy (non-hydrogen) atoms. The third kappa shape index (κ3) is 2.67. The number of nitrogens with zero attached hydrogens (tertiary/aromatic N) is 3. The van der Waals surface area contributed by atoms with Crippen molar-refractivity contribution >= 4 is 0 Å². The van der Waals surface area contributed by atoms with Crippen LogP contribution in [-0.2, 0) is 6.54 Å². The van der Waals surface area contributed by atoms with Crippen LogP contribution in [0.2, 0.25) is 0 Å². The predicted octanol–water partition coefficient (Wildman–Crippen LogP) is 1.86. The van der Waals surface area contributed by atoms with E-state index in [2.05, 4.69) is 54.7 Å². The van der Waals surface area contributed by atoms with Crippen molar-refractivity contribution in [3.8, 4) is 0 Å². The zero-order valence-corrected chi connectivity index (χ0v) is 11.7. The summed E-state index contributed by atoms with van der Waals surface area (Å²) in [4.78, 5) is 0. The van der Waals surface area contributed by atoms with Gasteiger partial charge in [0, 0.05) is 6.54 Å². The Hall–Kier alpha value is -1.72. The zero-order chi connectivity index (χ0) is 13.8. The monoisotopic (exact) mass is 259 g/mol. The minimum atomic E-state index is -0.0808. The van der Waals surface area contributed by atoms with Gasteiger partial charge >= 0.3 is 0 Å². The highest BCUT2D eigenvalue weighted by Gasteiger charge is 2.20. The summed E-state index contributed by atoms with van der Waals surface area (Å²) in [5.41, 5.74) is 7.53. The van der Waals surface area contributed by atoms with Crippen molar-refractivity contribution in [2.75, 3.05) is 0 Å². The molecular formula is C14H21N5. The van der Waals surface area contributed by atoms with Crippen LogP contribution >= 0.6 is 0 Å². The Bertz CT molecular complexity index is 526. The summed E-state index contributed by atoms with van der Waals surface area (Å²) in [5, 5.41) is 8.14. The normalized spacial score (nSPS) is 12.6. The lowest BCUT2D eigenvalue weighted by Crippen LogP contribution is -2.31. The largest absolute Gasteiger partial charge is 0.271 e. The maximum atomic E-state index is 5.78. The first kappa shape index (κ1) is 13.7. The van der Waals surface area contributed by atoms with Crippen LogP contribution in [0, 0.1) is 13.8 Å². The second kappa shape index (κ2) is 5.95. The standard InChI is InChI=1S/C14H21N5/c1-4-8-19-12(9-16-18-19)14(17-15)13-10(2)6-5-7-11(13)3/h5-7,9,14,17H,4,8,15H2,1-3H3. The Morgan fingerprint density at radius 3 is 2.58 bits per heavy atom. The molecule has 1 atom stereocenters. The van der Waals surface area contributed by atoms with Gasteiger partial charge in [0.05, 0.1) is 17.9 Å². The van der Waals surface area contributed by atoms with Crippen molar-refractivity contribution in [2.24, 2.45) is 5.84 Å². The fourth-order valence-corrected chi connectivity index (χ4v) is 2.47. The molecule has 0 bridgehead atoms. The number of aromatic nitrogens is 3. The molecule has 0 spiro atoms. The average Bonchev–Trinajstić information content (AvgIpc) is 2.83. The van der Waals surface area contributed by atoms with Crippen LogP contribution in [0.5, 0.6) is 0 Å². The van der Waals surface area contributed by atoms with Gasteiger partial charge in [-0.2, -0.15) is 0 Å². The average molecular weight is 259 g/mol. The fourth-order valence-electron chi connectivity index (χ4n) is 2.47. The summed E-state index contributed by atoms with van der Waals surface area (Å²) < 4.78 is 1.91. The van der Waals surface area contributed by atoms with Gasteiger partial charge < -0.3 is 0 Å². The van der Waals surface area contributed by atoms with Gasteiger partial charge in [0.2, 0.25) is 0 Å². The first-order valence-corrected chi connectivity index (χ1v) is 6.59. The first-order chi connectivity index (χ1) is 9.19. The maximum Gasteiger partial charge on any atom is 0.0899 e. The summed E-state index contributed by atoms with van der Waals surface area (Å²) in [6.07, 6.45) is 2.80. The van der Waals surface area contributed by atoms with Crippen molar-refractivity contribution in [2.45, 2.75) is 39.8 Å². The van der Waals surface area contributed by atoms with Crippen LogP contribution in [-0.4, -0.2) is 15.0 Å². The molecule has 2 aromatic rings. The van der Waals surface area contributed by atoms with Gasteiger partial charge in [0.25, 0.3) is 0 Å². The number of hydrogen-bond donors (Lipinski definition) is 2. The molecule has 5 heteroatoms. The molecule has 102 valence electrons. The molecular weight excluding hydrogens is 238 g/mol. The number of benzene rings is 1. The zero-order valence-electron chi connectivity index (χ0n) is 11.7. The Labute approximate surface area is 113 Å². The van der Waals surface area contributed by atoms with Crippen molar-refractivity contribution in [3.05, 3.63) is 46.8 Å². The van der Waals surface area contributed by atoms with Crippen molar-refractivity contribution in [3.63, 3.8) is 0 Å². The van der Waals surface area contributed by atoms with Crippen LogP contribution in [0.25, 0.3) is 0 Å².